The molecule has 2 saturated carbocycles. The lowest BCUT2D eigenvalue weighted by molar-refractivity contribution is -0.118. The van der Waals surface area contributed by atoms with E-state index in [9.17, 15) is 0 Å². The number of alkyl halides is 1. The van der Waals surface area contributed by atoms with Gasteiger partial charge in [-0.05, 0) is 30.6 Å². The molecule has 0 amide bonds. The van der Waals surface area contributed by atoms with Gasteiger partial charge in [0.2, 0.25) is 0 Å². The maximum absolute atomic E-state index is 5.86. The fourth-order valence-corrected chi connectivity index (χ4v) is 5.06. The summed E-state index contributed by atoms with van der Waals surface area (Å²) in [7, 11) is 1.69. The highest BCUT2D eigenvalue weighted by atomic mass is 79.9. The van der Waals surface area contributed by atoms with Crippen molar-refractivity contribution in [2.75, 3.05) is 19.2 Å². The highest BCUT2D eigenvalue weighted by molar-refractivity contribution is 9.09. The molecule has 15 heavy (non-hydrogen) atoms. The first kappa shape index (κ1) is 11.9. The summed E-state index contributed by atoms with van der Waals surface area (Å²) in [6.45, 7) is 5.24. The standard InChI is InChI=1S/C12H21BrO2/c1-11(2)9-4-5-12(11,7-13)10(6-9)15-8-14-3/h9-10H,4-8H2,1-3H3/t9-,10-,12-/m1/s1. The minimum Gasteiger partial charge on any atom is -0.359 e. The van der Waals surface area contributed by atoms with Crippen molar-refractivity contribution in [2.45, 2.75) is 39.2 Å². The molecule has 0 aromatic rings. The van der Waals surface area contributed by atoms with Crippen LogP contribution in [0.15, 0.2) is 0 Å². The molecule has 0 N–H and O–H groups in total. The van der Waals surface area contributed by atoms with Crippen LogP contribution in [0.1, 0.15) is 33.1 Å². The fraction of sp³-hybridized carbons (Fsp3) is 1.00. The van der Waals surface area contributed by atoms with Crippen LogP contribution in [-0.2, 0) is 9.47 Å². The van der Waals surface area contributed by atoms with Crippen molar-refractivity contribution in [1.82, 2.24) is 0 Å². The third-order valence-corrected chi connectivity index (χ3v) is 5.98. The molecular weight excluding hydrogens is 256 g/mol. The number of ether oxygens (including phenoxy) is 2. The van der Waals surface area contributed by atoms with E-state index in [4.69, 9.17) is 9.47 Å². The molecular formula is C12H21BrO2. The first-order chi connectivity index (χ1) is 7.08. The van der Waals surface area contributed by atoms with Crippen molar-refractivity contribution < 1.29 is 9.47 Å². The van der Waals surface area contributed by atoms with Crippen LogP contribution in [0.3, 0.4) is 0 Å². The molecule has 0 aromatic carbocycles. The molecule has 2 fully saturated rings. The summed E-state index contributed by atoms with van der Waals surface area (Å²) >= 11 is 3.71. The maximum atomic E-state index is 5.86. The van der Waals surface area contributed by atoms with Crippen LogP contribution in [0.4, 0.5) is 0 Å². The predicted octanol–water partition coefficient (Wildman–Crippen LogP) is 3.20. The summed E-state index contributed by atoms with van der Waals surface area (Å²) in [5.41, 5.74) is 0.741. The van der Waals surface area contributed by atoms with Gasteiger partial charge in [-0.1, -0.05) is 29.8 Å². The van der Waals surface area contributed by atoms with E-state index in [1.807, 2.05) is 0 Å². The van der Waals surface area contributed by atoms with Gasteiger partial charge in [-0.25, -0.2) is 0 Å². The lowest BCUT2D eigenvalue weighted by Crippen LogP contribution is -2.41. The molecule has 2 bridgehead atoms. The van der Waals surface area contributed by atoms with Crippen LogP contribution in [0.5, 0.6) is 0 Å². The zero-order valence-electron chi connectivity index (χ0n) is 9.88. The summed E-state index contributed by atoms with van der Waals surface area (Å²) in [5.74, 6) is 0.830. The van der Waals surface area contributed by atoms with Crippen LogP contribution in [0.25, 0.3) is 0 Å². The molecule has 3 heteroatoms. The van der Waals surface area contributed by atoms with E-state index in [-0.39, 0.29) is 0 Å². The van der Waals surface area contributed by atoms with Gasteiger partial charge in [0.05, 0.1) is 6.10 Å². The fourth-order valence-electron chi connectivity index (χ4n) is 3.70. The Morgan fingerprint density at radius 3 is 2.67 bits per heavy atom. The molecule has 2 nitrogen and oxygen atoms in total. The van der Waals surface area contributed by atoms with Gasteiger partial charge in [0.15, 0.2) is 0 Å². The summed E-state index contributed by atoms with van der Waals surface area (Å²) in [6, 6.07) is 0. The lowest BCUT2D eigenvalue weighted by atomic mass is 9.70. The van der Waals surface area contributed by atoms with Crippen molar-refractivity contribution in [1.29, 1.82) is 0 Å². The Morgan fingerprint density at radius 2 is 2.13 bits per heavy atom. The maximum Gasteiger partial charge on any atom is 0.146 e. The van der Waals surface area contributed by atoms with E-state index in [1.54, 1.807) is 7.11 Å². The average Bonchev–Trinajstić information content (AvgIpc) is 2.60. The van der Waals surface area contributed by atoms with Crippen molar-refractivity contribution in [2.24, 2.45) is 16.7 Å². The molecule has 0 radical (unpaired) electrons. The topological polar surface area (TPSA) is 18.5 Å². The predicted molar refractivity (Wildman–Crippen MR) is 64.1 cm³/mol. The monoisotopic (exact) mass is 276 g/mol. The number of methoxy groups -OCH3 is 1. The number of halogens is 1. The van der Waals surface area contributed by atoms with Crippen molar-refractivity contribution in [3.05, 3.63) is 0 Å². The van der Waals surface area contributed by atoms with Crippen LogP contribution >= 0.6 is 15.9 Å². The van der Waals surface area contributed by atoms with E-state index < -0.39 is 0 Å². The molecule has 2 rings (SSSR count). The number of hydrogen-bond donors (Lipinski definition) is 0. The molecule has 0 spiro atoms. The van der Waals surface area contributed by atoms with Gasteiger partial charge in [0.25, 0.3) is 0 Å². The molecule has 88 valence electrons. The smallest absolute Gasteiger partial charge is 0.146 e. The Kier molecular flexibility index (Phi) is 3.17. The van der Waals surface area contributed by atoms with E-state index >= 15 is 0 Å². The molecule has 0 unspecified atom stereocenters. The van der Waals surface area contributed by atoms with Crippen molar-refractivity contribution in [3.8, 4) is 0 Å². The minimum absolute atomic E-state index is 0.330. The van der Waals surface area contributed by atoms with Crippen molar-refractivity contribution >= 4 is 15.9 Å². The Hall–Kier alpha value is 0.400. The van der Waals surface area contributed by atoms with Crippen LogP contribution < -0.4 is 0 Å². The quantitative estimate of drug-likeness (QED) is 0.580. The van der Waals surface area contributed by atoms with Gasteiger partial charge in [-0.2, -0.15) is 0 Å². The second-order valence-corrected chi connectivity index (χ2v) is 6.11. The molecule has 2 aliphatic rings. The average molecular weight is 277 g/mol. The highest BCUT2D eigenvalue weighted by Gasteiger charge is 2.63. The summed E-state index contributed by atoms with van der Waals surface area (Å²) in [6.07, 6.45) is 4.25. The molecule has 0 saturated heterocycles. The minimum atomic E-state index is 0.330. The normalized spacial score (nSPS) is 42.4. The van der Waals surface area contributed by atoms with Gasteiger partial charge >= 0.3 is 0 Å². The van der Waals surface area contributed by atoms with E-state index in [1.165, 1.54) is 19.3 Å². The SMILES string of the molecule is COCO[C@@H]1C[C@H]2CC[C@]1(CBr)C2(C)C. The first-order valence-corrected chi connectivity index (χ1v) is 6.87. The largest absolute Gasteiger partial charge is 0.359 e. The Morgan fingerprint density at radius 1 is 1.40 bits per heavy atom. The third kappa shape index (κ3) is 1.50. The highest BCUT2D eigenvalue weighted by Crippen LogP contribution is 2.66. The zero-order chi connectivity index (χ0) is 11.1. The number of rotatable bonds is 4. The lowest BCUT2D eigenvalue weighted by Gasteiger charge is -2.40. The summed E-state index contributed by atoms with van der Waals surface area (Å²) < 4.78 is 10.9. The Balaban J connectivity index is 2.16. The Bertz CT molecular complexity index is 242. The molecule has 0 aliphatic heterocycles. The molecule has 2 aliphatic carbocycles. The van der Waals surface area contributed by atoms with Gasteiger partial charge in [-0.3, -0.25) is 0 Å². The number of fused-ring (bicyclic) bond motifs is 2. The second kappa shape index (κ2) is 4.01. The number of hydrogen-bond acceptors (Lipinski definition) is 2. The first-order valence-electron chi connectivity index (χ1n) is 5.75. The van der Waals surface area contributed by atoms with Gasteiger partial charge < -0.3 is 9.47 Å². The van der Waals surface area contributed by atoms with Crippen LogP contribution in [0, 0.1) is 16.7 Å². The molecule has 3 atom stereocenters. The van der Waals surface area contributed by atoms with Gasteiger partial charge in [-0.15, -0.1) is 0 Å². The van der Waals surface area contributed by atoms with Crippen LogP contribution in [0.2, 0.25) is 0 Å². The van der Waals surface area contributed by atoms with Gasteiger partial charge in [0.1, 0.15) is 6.79 Å². The van der Waals surface area contributed by atoms with Gasteiger partial charge in [0, 0.05) is 17.9 Å². The van der Waals surface area contributed by atoms with E-state index in [0.29, 0.717) is 23.7 Å². The molecule has 0 aromatic heterocycles. The summed E-state index contributed by atoms with van der Waals surface area (Å²) in [5, 5.41) is 1.05. The Labute approximate surface area is 101 Å². The second-order valence-electron chi connectivity index (χ2n) is 5.54. The van der Waals surface area contributed by atoms with Crippen molar-refractivity contribution in [3.63, 3.8) is 0 Å². The van der Waals surface area contributed by atoms with E-state index in [0.717, 1.165) is 11.2 Å². The zero-order valence-corrected chi connectivity index (χ0v) is 11.5. The summed E-state index contributed by atoms with van der Waals surface area (Å²) in [4.78, 5) is 0. The van der Waals surface area contributed by atoms with Crippen LogP contribution in [-0.4, -0.2) is 25.3 Å². The molecule has 0 heterocycles. The van der Waals surface area contributed by atoms with E-state index in [2.05, 4.69) is 29.8 Å². The third-order valence-electron chi connectivity index (χ3n) is 4.98.